The van der Waals surface area contributed by atoms with Gasteiger partial charge in [0, 0.05) is 6.07 Å². The highest BCUT2D eigenvalue weighted by Gasteiger charge is 2.09. The molecule has 0 spiro atoms. The zero-order chi connectivity index (χ0) is 13.9. The molecule has 100 valence electrons. The molecule has 5 nitrogen and oxygen atoms in total. The topological polar surface area (TPSA) is 70.3 Å². The molecule has 0 bridgehead atoms. The van der Waals surface area contributed by atoms with Gasteiger partial charge in [0.25, 0.3) is 0 Å². The fourth-order valence-corrected chi connectivity index (χ4v) is 1.90. The Morgan fingerprint density at radius 2 is 1.90 bits per heavy atom. The smallest absolute Gasteiger partial charge is 0.230 e. The van der Waals surface area contributed by atoms with Gasteiger partial charge in [-0.15, -0.1) is 0 Å². The first kappa shape index (κ1) is 12.2. The van der Waals surface area contributed by atoms with Crippen LogP contribution in [-0.4, -0.2) is 17.1 Å². The summed E-state index contributed by atoms with van der Waals surface area (Å²) in [6.07, 6.45) is 1.47. The minimum Gasteiger partial charge on any atom is -0.497 e. The summed E-state index contributed by atoms with van der Waals surface area (Å²) in [5.74, 6) is 1.65. The Morgan fingerprint density at radius 1 is 1.05 bits per heavy atom. The van der Waals surface area contributed by atoms with E-state index >= 15 is 0 Å². The number of benzene rings is 2. The van der Waals surface area contributed by atoms with E-state index < -0.39 is 0 Å². The quantitative estimate of drug-likeness (QED) is 0.739. The van der Waals surface area contributed by atoms with Crippen molar-refractivity contribution in [3.63, 3.8) is 0 Å². The first-order valence-electron chi connectivity index (χ1n) is 6.09. The molecule has 0 amide bonds. The fraction of sp³-hybridized carbons (Fsp3) is 0.0667. The van der Waals surface area contributed by atoms with Crippen LogP contribution in [0.1, 0.15) is 0 Å². The monoisotopic (exact) mass is 267 g/mol. The molecule has 20 heavy (non-hydrogen) atoms. The summed E-state index contributed by atoms with van der Waals surface area (Å²) < 4.78 is 11.0. The Hall–Kier alpha value is -2.82. The van der Waals surface area contributed by atoms with Crippen LogP contribution in [0.4, 0.5) is 5.69 Å². The lowest BCUT2D eigenvalue weighted by atomic mass is 10.2. The van der Waals surface area contributed by atoms with Gasteiger partial charge >= 0.3 is 0 Å². The molecule has 0 unspecified atom stereocenters. The highest BCUT2D eigenvalue weighted by atomic mass is 16.5. The van der Waals surface area contributed by atoms with Gasteiger partial charge in [-0.3, -0.25) is 0 Å². The van der Waals surface area contributed by atoms with Crippen molar-refractivity contribution in [1.29, 1.82) is 0 Å². The van der Waals surface area contributed by atoms with E-state index in [9.17, 15) is 0 Å². The van der Waals surface area contributed by atoms with Gasteiger partial charge in [-0.1, -0.05) is 12.1 Å². The maximum absolute atomic E-state index is 5.91. The molecule has 0 aliphatic rings. The summed E-state index contributed by atoms with van der Waals surface area (Å²) in [6, 6.07) is 12.9. The summed E-state index contributed by atoms with van der Waals surface area (Å²) in [4.78, 5) is 8.36. The molecule has 0 saturated carbocycles. The molecule has 2 N–H and O–H groups in total. The summed E-state index contributed by atoms with van der Waals surface area (Å²) in [7, 11) is 1.59. The zero-order valence-corrected chi connectivity index (χ0v) is 10.9. The van der Waals surface area contributed by atoms with Crippen LogP contribution in [0.25, 0.3) is 10.9 Å². The van der Waals surface area contributed by atoms with E-state index in [-0.39, 0.29) is 0 Å². The van der Waals surface area contributed by atoms with Crippen LogP contribution in [0.3, 0.4) is 0 Å². The summed E-state index contributed by atoms with van der Waals surface area (Å²) >= 11 is 0. The third-order valence-corrected chi connectivity index (χ3v) is 2.93. The molecule has 0 aliphatic heterocycles. The van der Waals surface area contributed by atoms with Gasteiger partial charge in [-0.2, -0.15) is 0 Å². The van der Waals surface area contributed by atoms with E-state index in [2.05, 4.69) is 9.97 Å². The number of nitrogen functional groups attached to an aromatic ring is 1. The van der Waals surface area contributed by atoms with Gasteiger partial charge in [-0.25, -0.2) is 9.97 Å². The highest BCUT2D eigenvalue weighted by Crippen LogP contribution is 2.32. The number of ether oxygens (including phenoxy) is 2. The first-order chi connectivity index (χ1) is 9.78. The number of hydrogen-bond acceptors (Lipinski definition) is 5. The Bertz CT molecular complexity index is 754. The number of rotatable bonds is 3. The molecule has 2 aromatic carbocycles. The van der Waals surface area contributed by atoms with Crippen molar-refractivity contribution < 1.29 is 9.47 Å². The molecule has 1 aromatic heterocycles. The Kier molecular flexibility index (Phi) is 3.09. The van der Waals surface area contributed by atoms with Crippen LogP contribution in [-0.2, 0) is 0 Å². The predicted molar refractivity (Wildman–Crippen MR) is 77.0 cm³/mol. The van der Waals surface area contributed by atoms with E-state index in [0.717, 1.165) is 10.9 Å². The normalized spacial score (nSPS) is 10.4. The van der Waals surface area contributed by atoms with Crippen LogP contribution >= 0.6 is 0 Å². The van der Waals surface area contributed by atoms with Crippen molar-refractivity contribution in [2.45, 2.75) is 0 Å². The molecule has 0 radical (unpaired) electrons. The number of anilines is 1. The van der Waals surface area contributed by atoms with Crippen molar-refractivity contribution in [3.05, 3.63) is 48.8 Å². The molecule has 1 heterocycles. The van der Waals surface area contributed by atoms with E-state index in [0.29, 0.717) is 23.1 Å². The molecule has 0 fully saturated rings. The third kappa shape index (κ3) is 2.21. The summed E-state index contributed by atoms with van der Waals surface area (Å²) in [6.45, 7) is 0. The number of nitrogens with two attached hydrogens (primary N) is 1. The summed E-state index contributed by atoms with van der Waals surface area (Å²) in [5.41, 5.74) is 7.25. The third-order valence-electron chi connectivity index (χ3n) is 2.93. The van der Waals surface area contributed by atoms with Gasteiger partial charge in [0.05, 0.1) is 23.7 Å². The van der Waals surface area contributed by atoms with Crippen LogP contribution in [0, 0.1) is 0 Å². The first-order valence-corrected chi connectivity index (χ1v) is 6.09. The van der Waals surface area contributed by atoms with Gasteiger partial charge in [0.15, 0.2) is 5.75 Å². The van der Waals surface area contributed by atoms with Crippen molar-refractivity contribution in [2.75, 3.05) is 12.8 Å². The van der Waals surface area contributed by atoms with E-state index in [1.165, 1.54) is 6.33 Å². The van der Waals surface area contributed by atoms with E-state index in [4.69, 9.17) is 15.2 Å². The van der Waals surface area contributed by atoms with Crippen molar-refractivity contribution in [3.8, 4) is 17.4 Å². The lowest BCUT2D eigenvalue weighted by Crippen LogP contribution is -1.96. The van der Waals surface area contributed by atoms with Crippen LogP contribution in [0.5, 0.6) is 17.4 Å². The SMILES string of the molecule is COc1ccc(N)c(Oc2ncnc3ccccc23)c1. The maximum atomic E-state index is 5.91. The predicted octanol–water partition coefficient (Wildman–Crippen LogP) is 3.01. The minimum atomic E-state index is 0.468. The second-order valence-electron chi connectivity index (χ2n) is 4.20. The Labute approximate surface area is 116 Å². The number of fused-ring (bicyclic) bond motifs is 1. The second kappa shape index (κ2) is 5.05. The largest absolute Gasteiger partial charge is 0.497 e. The molecule has 3 aromatic rings. The van der Waals surface area contributed by atoms with Crippen LogP contribution in [0.2, 0.25) is 0 Å². The van der Waals surface area contributed by atoms with E-state index in [1.807, 2.05) is 24.3 Å². The highest BCUT2D eigenvalue weighted by molar-refractivity contribution is 5.83. The Morgan fingerprint density at radius 3 is 2.75 bits per heavy atom. The standard InChI is InChI=1S/C15H13N3O2/c1-19-10-6-7-12(16)14(8-10)20-15-11-4-2-3-5-13(11)17-9-18-15/h2-9H,16H2,1H3. The second-order valence-corrected chi connectivity index (χ2v) is 4.20. The van der Waals surface area contributed by atoms with Crippen LogP contribution in [0.15, 0.2) is 48.8 Å². The molecule has 0 saturated heterocycles. The van der Waals surface area contributed by atoms with Gasteiger partial charge in [0.1, 0.15) is 12.1 Å². The van der Waals surface area contributed by atoms with E-state index in [1.54, 1.807) is 25.3 Å². The molecular formula is C15H13N3O2. The molecular weight excluding hydrogens is 254 g/mol. The van der Waals surface area contributed by atoms with Crippen LogP contribution < -0.4 is 15.2 Å². The lowest BCUT2D eigenvalue weighted by molar-refractivity contribution is 0.408. The lowest BCUT2D eigenvalue weighted by Gasteiger charge is -2.10. The van der Waals surface area contributed by atoms with Gasteiger partial charge < -0.3 is 15.2 Å². The molecule has 5 heteroatoms. The molecule has 3 rings (SSSR count). The maximum Gasteiger partial charge on any atom is 0.230 e. The van der Waals surface area contributed by atoms with Crippen molar-refractivity contribution >= 4 is 16.6 Å². The Balaban J connectivity index is 2.05. The number of methoxy groups -OCH3 is 1. The number of para-hydroxylation sites is 1. The number of nitrogens with zero attached hydrogens (tertiary/aromatic N) is 2. The summed E-state index contributed by atoms with van der Waals surface area (Å²) in [5, 5.41) is 0.831. The number of aromatic nitrogens is 2. The molecule has 0 atom stereocenters. The number of hydrogen-bond donors (Lipinski definition) is 1. The average molecular weight is 267 g/mol. The van der Waals surface area contributed by atoms with Crippen molar-refractivity contribution in [1.82, 2.24) is 9.97 Å². The molecule has 0 aliphatic carbocycles. The average Bonchev–Trinajstić information content (AvgIpc) is 2.50. The van der Waals surface area contributed by atoms with Gasteiger partial charge in [-0.05, 0) is 24.3 Å². The minimum absolute atomic E-state index is 0.468. The fourth-order valence-electron chi connectivity index (χ4n) is 1.90. The van der Waals surface area contributed by atoms with Gasteiger partial charge in [0.2, 0.25) is 5.88 Å². The zero-order valence-electron chi connectivity index (χ0n) is 10.9. The van der Waals surface area contributed by atoms with Crippen molar-refractivity contribution in [2.24, 2.45) is 0 Å².